The molecule has 9 heavy (non-hydrogen) atoms. The minimum atomic E-state index is 0.109. The van der Waals surface area contributed by atoms with Gasteiger partial charge in [-0.3, -0.25) is 0 Å². The second-order valence-electron chi connectivity index (χ2n) is 2.13. The van der Waals surface area contributed by atoms with Gasteiger partial charge < -0.3 is 10.1 Å². The number of hydrogen-bond donors (Lipinski definition) is 1. The van der Waals surface area contributed by atoms with Gasteiger partial charge in [-0.05, 0) is 18.7 Å². The fourth-order valence-electron chi connectivity index (χ4n) is 0.818. The average Bonchev–Trinajstić information content (AvgIpc) is 2.13. The molecule has 0 aromatic carbocycles. The van der Waals surface area contributed by atoms with Crippen LogP contribution < -0.4 is 5.32 Å². The van der Waals surface area contributed by atoms with Gasteiger partial charge in [0, 0.05) is 5.75 Å². The van der Waals surface area contributed by atoms with Crippen molar-refractivity contribution in [3.63, 3.8) is 0 Å². The van der Waals surface area contributed by atoms with Crippen molar-refractivity contribution in [2.45, 2.75) is 12.5 Å². The maximum Gasteiger partial charge on any atom is 0.137 e. The van der Waals surface area contributed by atoms with Crippen LogP contribution in [0, 0.1) is 0 Å². The Kier molecular flexibility index (Phi) is 3.08. The topological polar surface area (TPSA) is 29.1 Å². The highest BCUT2D eigenvalue weighted by Crippen LogP contribution is 2.06. The molecule has 0 radical (unpaired) electrons. The van der Waals surface area contributed by atoms with Gasteiger partial charge in [-0.2, -0.15) is 11.8 Å². The molecule has 1 aliphatic rings. The Morgan fingerprint density at radius 2 is 2.56 bits per heavy atom. The van der Waals surface area contributed by atoms with Crippen molar-refractivity contribution in [3.8, 4) is 0 Å². The number of hydrogen-bond acceptors (Lipinski definition) is 3. The maximum absolute atomic E-state index is 10.2. The van der Waals surface area contributed by atoms with Gasteiger partial charge in [-0.1, -0.05) is 0 Å². The van der Waals surface area contributed by atoms with E-state index in [0.717, 1.165) is 18.6 Å². The van der Waals surface area contributed by atoms with E-state index in [1.165, 1.54) is 12.2 Å². The summed E-state index contributed by atoms with van der Waals surface area (Å²) in [4.78, 5) is 10.2. The Bertz CT molecular complexity index is 89.1. The lowest BCUT2D eigenvalue weighted by atomic mass is 10.3. The largest absolute Gasteiger partial charge is 0.307 e. The zero-order chi connectivity index (χ0) is 6.53. The second kappa shape index (κ2) is 3.90. The van der Waals surface area contributed by atoms with E-state index >= 15 is 0 Å². The third-order valence-corrected chi connectivity index (χ3v) is 2.51. The molecule has 52 valence electrons. The van der Waals surface area contributed by atoms with Gasteiger partial charge in [-0.25, -0.2) is 0 Å². The fourth-order valence-corrected chi connectivity index (χ4v) is 1.78. The number of nitrogens with one attached hydrogen (secondary N) is 1. The molecule has 0 aliphatic carbocycles. The van der Waals surface area contributed by atoms with E-state index in [9.17, 15) is 4.79 Å². The lowest BCUT2D eigenvalue weighted by molar-refractivity contribution is -0.109. The molecule has 2 nitrogen and oxygen atoms in total. The normalized spacial score (nSPS) is 29.1. The van der Waals surface area contributed by atoms with Crippen molar-refractivity contribution >= 4 is 18.0 Å². The van der Waals surface area contributed by atoms with Crippen LogP contribution in [-0.4, -0.2) is 30.4 Å². The van der Waals surface area contributed by atoms with Crippen molar-refractivity contribution in [1.29, 1.82) is 0 Å². The molecule has 0 amide bonds. The Labute approximate surface area is 59.4 Å². The fraction of sp³-hybridized carbons (Fsp3) is 0.833. The SMILES string of the molecule is O=CC1CSCCCN1. The van der Waals surface area contributed by atoms with E-state index < -0.39 is 0 Å². The number of carbonyl (C=O) groups excluding carboxylic acids is 1. The molecule has 0 aromatic heterocycles. The van der Waals surface area contributed by atoms with Crippen LogP contribution in [0.3, 0.4) is 0 Å². The Morgan fingerprint density at radius 3 is 3.33 bits per heavy atom. The first kappa shape index (κ1) is 7.09. The molecule has 1 atom stereocenters. The highest BCUT2D eigenvalue weighted by molar-refractivity contribution is 7.99. The van der Waals surface area contributed by atoms with Crippen LogP contribution >= 0.6 is 11.8 Å². The highest BCUT2D eigenvalue weighted by Gasteiger charge is 2.08. The molecule has 1 unspecified atom stereocenters. The average molecular weight is 145 g/mol. The van der Waals surface area contributed by atoms with E-state index in [4.69, 9.17) is 0 Å². The maximum atomic E-state index is 10.2. The van der Waals surface area contributed by atoms with Gasteiger partial charge in [0.2, 0.25) is 0 Å². The molecule has 1 fully saturated rings. The Morgan fingerprint density at radius 1 is 1.67 bits per heavy atom. The quantitative estimate of drug-likeness (QED) is 0.537. The number of carbonyl (C=O) groups is 1. The number of thioether (sulfide) groups is 1. The molecule has 0 aromatic rings. The lowest BCUT2D eigenvalue weighted by Gasteiger charge is -2.04. The molecule has 1 N–H and O–H groups in total. The van der Waals surface area contributed by atoms with Gasteiger partial charge in [0.15, 0.2) is 0 Å². The summed E-state index contributed by atoms with van der Waals surface area (Å²) in [6.07, 6.45) is 2.19. The zero-order valence-corrected chi connectivity index (χ0v) is 6.12. The van der Waals surface area contributed by atoms with Crippen molar-refractivity contribution in [3.05, 3.63) is 0 Å². The van der Waals surface area contributed by atoms with E-state index in [1.54, 1.807) is 0 Å². The molecule has 0 spiro atoms. The first-order valence-electron chi connectivity index (χ1n) is 3.20. The van der Waals surface area contributed by atoms with Crippen LogP contribution in [0.5, 0.6) is 0 Å². The summed E-state index contributed by atoms with van der Waals surface area (Å²) in [6, 6.07) is 0.109. The van der Waals surface area contributed by atoms with Crippen LogP contribution in [0.1, 0.15) is 6.42 Å². The third-order valence-electron chi connectivity index (χ3n) is 1.33. The summed E-state index contributed by atoms with van der Waals surface area (Å²) in [5.41, 5.74) is 0. The van der Waals surface area contributed by atoms with Crippen molar-refractivity contribution < 1.29 is 4.79 Å². The second-order valence-corrected chi connectivity index (χ2v) is 3.27. The number of rotatable bonds is 1. The van der Waals surface area contributed by atoms with E-state index in [2.05, 4.69) is 5.32 Å². The lowest BCUT2D eigenvalue weighted by Crippen LogP contribution is -2.31. The summed E-state index contributed by atoms with van der Waals surface area (Å²) in [5.74, 6) is 2.14. The first-order valence-corrected chi connectivity index (χ1v) is 4.35. The Hall–Kier alpha value is -0.0200. The van der Waals surface area contributed by atoms with E-state index in [0.29, 0.717) is 0 Å². The zero-order valence-electron chi connectivity index (χ0n) is 5.30. The van der Waals surface area contributed by atoms with Crippen molar-refractivity contribution in [2.24, 2.45) is 0 Å². The number of aldehydes is 1. The van der Waals surface area contributed by atoms with Crippen LogP contribution in [0.4, 0.5) is 0 Å². The summed E-state index contributed by atoms with van der Waals surface area (Å²) >= 11 is 1.85. The first-order chi connectivity index (χ1) is 4.43. The van der Waals surface area contributed by atoms with Gasteiger partial charge in [-0.15, -0.1) is 0 Å². The Balaban J connectivity index is 2.26. The standard InChI is InChI=1S/C6H11NOS/c8-4-6-5-9-3-1-2-7-6/h4,6-7H,1-3,5H2. The molecule has 1 heterocycles. The molecule has 1 aliphatic heterocycles. The molecule has 1 rings (SSSR count). The molecule has 3 heteroatoms. The predicted octanol–water partition coefficient (Wildman–Crippen LogP) is 0.280. The van der Waals surface area contributed by atoms with Gasteiger partial charge in [0.1, 0.15) is 6.29 Å². The van der Waals surface area contributed by atoms with E-state index in [1.807, 2.05) is 11.8 Å². The molecule has 0 bridgehead atoms. The summed E-state index contributed by atoms with van der Waals surface area (Å²) in [6.45, 7) is 0.996. The third kappa shape index (κ3) is 2.37. The smallest absolute Gasteiger partial charge is 0.137 e. The molecular formula is C6H11NOS. The predicted molar refractivity (Wildman–Crippen MR) is 39.8 cm³/mol. The summed E-state index contributed by atoms with van der Waals surface area (Å²) < 4.78 is 0. The van der Waals surface area contributed by atoms with Crippen molar-refractivity contribution in [1.82, 2.24) is 5.32 Å². The van der Waals surface area contributed by atoms with Gasteiger partial charge >= 0.3 is 0 Å². The van der Waals surface area contributed by atoms with Gasteiger partial charge in [0.05, 0.1) is 6.04 Å². The molecule has 0 saturated carbocycles. The van der Waals surface area contributed by atoms with Crippen LogP contribution in [0.25, 0.3) is 0 Å². The minimum absolute atomic E-state index is 0.109. The van der Waals surface area contributed by atoms with Gasteiger partial charge in [0.25, 0.3) is 0 Å². The minimum Gasteiger partial charge on any atom is -0.307 e. The van der Waals surface area contributed by atoms with Crippen molar-refractivity contribution in [2.75, 3.05) is 18.1 Å². The van der Waals surface area contributed by atoms with Crippen LogP contribution in [0.15, 0.2) is 0 Å². The molecule has 1 saturated heterocycles. The monoisotopic (exact) mass is 145 g/mol. The molecular weight excluding hydrogens is 134 g/mol. The van der Waals surface area contributed by atoms with Crippen LogP contribution in [0.2, 0.25) is 0 Å². The summed E-state index contributed by atoms with van der Waals surface area (Å²) in [5, 5.41) is 3.14. The highest BCUT2D eigenvalue weighted by atomic mass is 32.2. The summed E-state index contributed by atoms with van der Waals surface area (Å²) in [7, 11) is 0. The van der Waals surface area contributed by atoms with E-state index in [-0.39, 0.29) is 6.04 Å². The van der Waals surface area contributed by atoms with Crippen LogP contribution in [-0.2, 0) is 4.79 Å².